The van der Waals surface area contributed by atoms with Crippen molar-refractivity contribution in [3.05, 3.63) is 86.7 Å². The molecule has 0 saturated carbocycles. The van der Waals surface area contributed by atoms with Crippen molar-refractivity contribution in [1.82, 2.24) is 4.98 Å². The molecule has 0 fully saturated rings. The lowest BCUT2D eigenvalue weighted by Gasteiger charge is -1.99. The molecule has 3 aromatic rings. The van der Waals surface area contributed by atoms with Crippen LogP contribution in [0.4, 0.5) is 0 Å². The van der Waals surface area contributed by atoms with E-state index in [1.165, 1.54) is 11.3 Å². The monoisotopic (exact) mass is 382 g/mol. The fraction of sp³-hybridized carbons (Fsp3) is 0. The van der Waals surface area contributed by atoms with Crippen LogP contribution in [0.15, 0.2) is 66.1 Å². The first-order valence-corrected chi connectivity index (χ1v) is 9.06. The van der Waals surface area contributed by atoms with Crippen molar-refractivity contribution >= 4 is 46.2 Å². The molecule has 25 heavy (non-hydrogen) atoms. The Morgan fingerprint density at radius 1 is 1.08 bits per heavy atom. The molecule has 0 aliphatic heterocycles. The molecule has 1 aromatic heterocycles. The Morgan fingerprint density at radius 2 is 1.88 bits per heavy atom. The maximum atomic E-state index is 9.41. The molecule has 0 bridgehead atoms. The van der Waals surface area contributed by atoms with Crippen molar-refractivity contribution in [3.8, 4) is 17.3 Å². The summed E-state index contributed by atoms with van der Waals surface area (Å²) >= 11 is 13.4. The fourth-order valence-corrected chi connectivity index (χ4v) is 3.26. The minimum atomic E-state index is 0.482. The van der Waals surface area contributed by atoms with E-state index in [9.17, 15) is 5.26 Å². The maximum Gasteiger partial charge on any atom is 0.134 e. The van der Waals surface area contributed by atoms with Gasteiger partial charge in [0.05, 0.1) is 21.3 Å². The Morgan fingerprint density at radius 3 is 2.60 bits per heavy atom. The summed E-state index contributed by atoms with van der Waals surface area (Å²) in [6.45, 7) is 0. The van der Waals surface area contributed by atoms with Gasteiger partial charge in [-0.05, 0) is 23.8 Å². The van der Waals surface area contributed by atoms with Gasteiger partial charge in [0.1, 0.15) is 11.1 Å². The number of rotatable bonds is 4. The smallest absolute Gasteiger partial charge is 0.134 e. The zero-order chi connectivity index (χ0) is 17.6. The third-order valence-electron chi connectivity index (χ3n) is 3.42. The summed E-state index contributed by atoms with van der Waals surface area (Å²) in [6, 6.07) is 17.5. The minimum Gasteiger partial charge on any atom is -0.235 e. The van der Waals surface area contributed by atoms with Gasteiger partial charge in [0.25, 0.3) is 0 Å². The van der Waals surface area contributed by atoms with Gasteiger partial charge in [0, 0.05) is 10.9 Å². The molecule has 0 unspecified atom stereocenters. The number of hydrogen-bond donors (Lipinski definition) is 0. The Kier molecular flexibility index (Phi) is 5.67. The number of allylic oxidation sites excluding steroid dienone is 3. The highest BCUT2D eigenvalue weighted by molar-refractivity contribution is 7.11. The molecule has 5 heteroatoms. The molecule has 122 valence electrons. The van der Waals surface area contributed by atoms with E-state index < -0.39 is 0 Å². The number of thiazole rings is 1. The Hall–Kier alpha value is -2.38. The first-order chi connectivity index (χ1) is 12.2. The van der Waals surface area contributed by atoms with Gasteiger partial charge in [-0.25, -0.2) is 4.98 Å². The predicted molar refractivity (Wildman–Crippen MR) is 107 cm³/mol. The lowest BCUT2D eigenvalue weighted by atomic mass is 10.2. The van der Waals surface area contributed by atoms with Crippen LogP contribution in [-0.2, 0) is 0 Å². The Balaban J connectivity index is 1.84. The Bertz CT molecular complexity index is 982. The van der Waals surface area contributed by atoms with Crippen molar-refractivity contribution in [2.75, 3.05) is 0 Å². The third kappa shape index (κ3) is 4.37. The van der Waals surface area contributed by atoms with E-state index in [1.54, 1.807) is 18.2 Å². The normalized spacial score (nSPS) is 11.6. The number of halogens is 2. The summed E-state index contributed by atoms with van der Waals surface area (Å²) in [6.07, 6.45) is 5.57. The number of nitrogens with zero attached hydrogens (tertiary/aromatic N) is 2. The van der Waals surface area contributed by atoms with E-state index in [0.717, 1.165) is 16.8 Å². The molecule has 2 nitrogen and oxygen atoms in total. The van der Waals surface area contributed by atoms with Crippen molar-refractivity contribution < 1.29 is 0 Å². The van der Waals surface area contributed by atoms with E-state index in [4.69, 9.17) is 23.2 Å². The predicted octanol–water partition coefficient (Wildman–Crippen LogP) is 6.74. The molecule has 0 aliphatic carbocycles. The molecule has 0 atom stereocenters. The lowest BCUT2D eigenvalue weighted by molar-refractivity contribution is 1.37. The SMILES string of the molecule is N#C/C(=C\C=C\c1ccccc1)c1nc(-c2ccc(Cl)c(Cl)c2)cs1. The number of hydrogen-bond acceptors (Lipinski definition) is 3. The van der Waals surface area contributed by atoms with Crippen LogP contribution < -0.4 is 0 Å². The number of benzene rings is 2. The molecule has 2 aromatic carbocycles. The summed E-state index contributed by atoms with van der Waals surface area (Å²) in [7, 11) is 0. The van der Waals surface area contributed by atoms with Crippen LogP contribution >= 0.6 is 34.5 Å². The number of aromatic nitrogens is 1. The van der Waals surface area contributed by atoms with Gasteiger partial charge in [-0.1, -0.05) is 71.8 Å². The van der Waals surface area contributed by atoms with E-state index in [0.29, 0.717) is 20.6 Å². The summed E-state index contributed by atoms with van der Waals surface area (Å²) in [5, 5.41) is 13.0. The van der Waals surface area contributed by atoms with Crippen LogP contribution in [0.1, 0.15) is 10.6 Å². The van der Waals surface area contributed by atoms with Crippen LogP contribution in [-0.4, -0.2) is 4.98 Å². The quantitative estimate of drug-likeness (QED) is 0.370. The zero-order valence-electron chi connectivity index (χ0n) is 13.0. The van der Waals surface area contributed by atoms with E-state index in [2.05, 4.69) is 11.1 Å². The summed E-state index contributed by atoms with van der Waals surface area (Å²) in [4.78, 5) is 4.54. The number of nitriles is 1. The molecular weight excluding hydrogens is 371 g/mol. The van der Waals surface area contributed by atoms with Crippen LogP contribution in [0.25, 0.3) is 22.9 Å². The molecular formula is C20H12Cl2N2S. The van der Waals surface area contributed by atoms with Gasteiger partial charge < -0.3 is 0 Å². The van der Waals surface area contributed by atoms with E-state index in [-0.39, 0.29) is 0 Å². The molecule has 0 amide bonds. The third-order valence-corrected chi connectivity index (χ3v) is 5.04. The van der Waals surface area contributed by atoms with Crippen LogP contribution in [0.2, 0.25) is 10.0 Å². The first kappa shape index (κ1) is 17.4. The average Bonchev–Trinajstić information content (AvgIpc) is 3.12. The summed E-state index contributed by atoms with van der Waals surface area (Å²) in [5.41, 5.74) is 3.23. The topological polar surface area (TPSA) is 36.7 Å². The highest BCUT2D eigenvalue weighted by Crippen LogP contribution is 2.30. The minimum absolute atomic E-state index is 0.482. The van der Waals surface area contributed by atoms with Crippen molar-refractivity contribution in [1.29, 1.82) is 5.26 Å². The van der Waals surface area contributed by atoms with Gasteiger partial charge in [0.2, 0.25) is 0 Å². The van der Waals surface area contributed by atoms with Crippen molar-refractivity contribution in [2.24, 2.45) is 0 Å². The highest BCUT2D eigenvalue weighted by Gasteiger charge is 2.09. The van der Waals surface area contributed by atoms with Gasteiger partial charge in [-0.3, -0.25) is 0 Å². The van der Waals surface area contributed by atoms with E-state index >= 15 is 0 Å². The van der Waals surface area contributed by atoms with Gasteiger partial charge in [0.15, 0.2) is 0 Å². The van der Waals surface area contributed by atoms with Gasteiger partial charge >= 0.3 is 0 Å². The summed E-state index contributed by atoms with van der Waals surface area (Å²) in [5.74, 6) is 0. The Labute approximate surface area is 160 Å². The largest absolute Gasteiger partial charge is 0.235 e. The standard InChI is InChI=1S/C20H12Cl2N2S/c21-17-10-9-15(11-18(17)22)19-13-25-20(24-19)16(12-23)8-4-7-14-5-2-1-3-6-14/h1-11,13H/b7-4+,16-8+. The second kappa shape index (κ2) is 8.13. The van der Waals surface area contributed by atoms with E-state index in [1.807, 2.05) is 53.9 Å². The molecule has 1 heterocycles. The zero-order valence-corrected chi connectivity index (χ0v) is 15.3. The molecule has 0 radical (unpaired) electrons. The molecule has 0 N–H and O–H groups in total. The lowest BCUT2D eigenvalue weighted by Crippen LogP contribution is -1.82. The van der Waals surface area contributed by atoms with Crippen LogP contribution in [0, 0.1) is 11.3 Å². The second-order valence-corrected chi connectivity index (χ2v) is 6.80. The summed E-state index contributed by atoms with van der Waals surface area (Å²) < 4.78 is 0. The highest BCUT2D eigenvalue weighted by atomic mass is 35.5. The first-order valence-electron chi connectivity index (χ1n) is 7.42. The second-order valence-electron chi connectivity index (χ2n) is 5.13. The van der Waals surface area contributed by atoms with Crippen molar-refractivity contribution in [2.45, 2.75) is 0 Å². The van der Waals surface area contributed by atoms with Gasteiger partial charge in [-0.15, -0.1) is 11.3 Å². The maximum absolute atomic E-state index is 9.41. The molecule has 0 aliphatic rings. The molecule has 3 rings (SSSR count). The van der Waals surface area contributed by atoms with Gasteiger partial charge in [-0.2, -0.15) is 5.26 Å². The van der Waals surface area contributed by atoms with Crippen LogP contribution in [0.3, 0.4) is 0 Å². The molecule has 0 spiro atoms. The molecule has 0 saturated heterocycles. The fourth-order valence-electron chi connectivity index (χ4n) is 2.16. The van der Waals surface area contributed by atoms with Crippen molar-refractivity contribution in [3.63, 3.8) is 0 Å². The van der Waals surface area contributed by atoms with Crippen LogP contribution in [0.5, 0.6) is 0 Å². The average molecular weight is 383 g/mol.